The Morgan fingerprint density at radius 2 is 1.88 bits per heavy atom. The number of nitrogens with zero attached hydrogens (tertiary/aromatic N) is 3. The van der Waals surface area contributed by atoms with Crippen LogP contribution < -0.4 is 9.64 Å². The number of aromatic nitrogens is 2. The molecule has 3 fully saturated rings. The normalized spacial score (nSPS) is 21.9. The van der Waals surface area contributed by atoms with Crippen molar-refractivity contribution in [3.8, 4) is 17.0 Å². The number of esters is 1. The van der Waals surface area contributed by atoms with Gasteiger partial charge in [-0.15, -0.1) is 13.2 Å². The van der Waals surface area contributed by atoms with Gasteiger partial charge < -0.3 is 23.6 Å². The topological polar surface area (TPSA) is 86.9 Å². The van der Waals surface area contributed by atoms with Crippen LogP contribution >= 0.6 is 27.3 Å². The summed E-state index contributed by atoms with van der Waals surface area (Å²) in [7, 11) is 1.36. The van der Waals surface area contributed by atoms with Crippen LogP contribution in [0.4, 0.5) is 18.3 Å². The number of benzene rings is 2. The van der Waals surface area contributed by atoms with Crippen LogP contribution in [0.2, 0.25) is 0 Å². The molecule has 8 nitrogen and oxygen atoms in total. The van der Waals surface area contributed by atoms with Gasteiger partial charge >= 0.3 is 12.3 Å². The number of rotatable bonds is 8. The van der Waals surface area contributed by atoms with Crippen LogP contribution in [0.5, 0.6) is 5.75 Å². The lowest BCUT2D eigenvalue weighted by Gasteiger charge is -2.38. The summed E-state index contributed by atoms with van der Waals surface area (Å²) >= 11 is 5.12. The third-order valence-electron chi connectivity index (χ3n) is 8.37. The molecular formula is C30H27BrF3N3O5S. The molecule has 226 valence electrons. The van der Waals surface area contributed by atoms with Crippen LogP contribution in [-0.2, 0) is 16.1 Å². The van der Waals surface area contributed by atoms with E-state index in [1.165, 1.54) is 19.2 Å². The van der Waals surface area contributed by atoms with Gasteiger partial charge in [0.25, 0.3) is 0 Å². The smallest absolute Gasteiger partial charge is 0.465 e. The van der Waals surface area contributed by atoms with E-state index in [1.807, 2.05) is 6.07 Å². The first-order valence-electron chi connectivity index (χ1n) is 14.1. The van der Waals surface area contributed by atoms with Gasteiger partial charge in [0.1, 0.15) is 17.2 Å². The molecule has 4 aromatic rings. The number of anilines is 1. The van der Waals surface area contributed by atoms with Gasteiger partial charge in [0.2, 0.25) is 0 Å². The summed E-state index contributed by atoms with van der Waals surface area (Å²) in [6.07, 6.45) is 0.673. The second kappa shape index (κ2) is 11.1. The SMILES string of the molecule is COC(=O)c1cc(Br)c2nc(N3C4CCC3CC(OCc3c(-c5ccccc5OC(F)(F)F)noc3C3CC3)C4)sc2c1. The Labute approximate surface area is 257 Å². The Kier molecular flexibility index (Phi) is 7.37. The minimum Gasteiger partial charge on any atom is -0.465 e. The average Bonchev–Trinajstić information content (AvgIpc) is 3.48. The zero-order chi connectivity index (χ0) is 29.9. The highest BCUT2D eigenvalue weighted by Crippen LogP contribution is 2.47. The van der Waals surface area contributed by atoms with E-state index in [-0.39, 0.29) is 42.0 Å². The number of ether oxygens (including phenoxy) is 3. The molecule has 0 N–H and O–H groups in total. The van der Waals surface area contributed by atoms with Gasteiger partial charge in [0, 0.05) is 33.6 Å². The number of carbonyl (C=O) groups excluding carboxylic acids is 1. The Morgan fingerprint density at radius 1 is 1.14 bits per heavy atom. The first-order valence-corrected chi connectivity index (χ1v) is 15.7. The fraction of sp³-hybridized carbons (Fsp3) is 0.433. The number of piperidine rings is 1. The van der Waals surface area contributed by atoms with Gasteiger partial charge in [-0.05, 0) is 78.7 Å². The summed E-state index contributed by atoms with van der Waals surface area (Å²) in [6, 6.07) is 10.0. The fourth-order valence-electron chi connectivity index (χ4n) is 6.32. The number of halogens is 4. The maximum Gasteiger partial charge on any atom is 0.573 e. The number of fused-ring (bicyclic) bond motifs is 3. The van der Waals surface area contributed by atoms with Crippen molar-refractivity contribution in [3.63, 3.8) is 0 Å². The molecule has 0 radical (unpaired) electrons. The highest BCUT2D eigenvalue weighted by Gasteiger charge is 2.43. The van der Waals surface area contributed by atoms with Crippen molar-refractivity contribution in [1.82, 2.24) is 10.1 Å². The minimum atomic E-state index is -4.83. The second-order valence-electron chi connectivity index (χ2n) is 11.2. The molecule has 2 aromatic heterocycles. The van der Waals surface area contributed by atoms with Crippen molar-refractivity contribution in [3.05, 3.63) is 57.8 Å². The van der Waals surface area contributed by atoms with E-state index in [2.05, 4.69) is 30.7 Å². The quantitative estimate of drug-likeness (QED) is 0.174. The Hall–Kier alpha value is -3.16. The number of methoxy groups -OCH3 is 1. The molecule has 2 bridgehead atoms. The van der Waals surface area contributed by atoms with Crippen LogP contribution in [0, 0.1) is 0 Å². The largest absolute Gasteiger partial charge is 0.573 e. The summed E-state index contributed by atoms with van der Waals surface area (Å²) in [5.41, 5.74) is 2.52. The number of para-hydroxylation sites is 1. The van der Waals surface area contributed by atoms with Gasteiger partial charge in [0.15, 0.2) is 5.13 Å². The zero-order valence-electron chi connectivity index (χ0n) is 23.0. The van der Waals surface area contributed by atoms with Gasteiger partial charge in [-0.2, -0.15) is 0 Å². The molecule has 2 aromatic carbocycles. The Bertz CT molecular complexity index is 1670. The molecule has 2 saturated heterocycles. The number of hydrogen-bond donors (Lipinski definition) is 0. The van der Waals surface area contributed by atoms with E-state index < -0.39 is 12.3 Å². The summed E-state index contributed by atoms with van der Waals surface area (Å²) in [4.78, 5) is 19.4. The van der Waals surface area contributed by atoms with Crippen molar-refractivity contribution in [1.29, 1.82) is 0 Å². The summed E-state index contributed by atoms with van der Waals surface area (Å²) < 4.78 is 62.4. The zero-order valence-corrected chi connectivity index (χ0v) is 25.4. The van der Waals surface area contributed by atoms with Gasteiger partial charge in [-0.25, -0.2) is 9.78 Å². The fourth-order valence-corrected chi connectivity index (χ4v) is 8.17. The molecule has 1 saturated carbocycles. The predicted molar refractivity (Wildman–Crippen MR) is 156 cm³/mol. The molecule has 3 aliphatic rings. The van der Waals surface area contributed by atoms with Crippen molar-refractivity contribution in [2.24, 2.45) is 0 Å². The van der Waals surface area contributed by atoms with Gasteiger partial charge in [-0.1, -0.05) is 28.6 Å². The summed E-state index contributed by atoms with van der Waals surface area (Å²) in [5, 5.41) is 5.11. The molecule has 2 aliphatic heterocycles. The number of thiazole rings is 1. The van der Waals surface area contributed by atoms with E-state index in [1.54, 1.807) is 29.5 Å². The molecular weight excluding hydrogens is 651 g/mol. The van der Waals surface area contributed by atoms with Crippen LogP contribution in [0.1, 0.15) is 66.1 Å². The Morgan fingerprint density at radius 3 is 2.58 bits per heavy atom. The molecule has 4 heterocycles. The lowest BCUT2D eigenvalue weighted by atomic mass is 10.00. The van der Waals surface area contributed by atoms with Crippen LogP contribution in [0.25, 0.3) is 21.5 Å². The third-order valence-corrected chi connectivity index (χ3v) is 9.99. The first-order chi connectivity index (χ1) is 20.7. The molecule has 0 spiro atoms. The molecule has 1 aliphatic carbocycles. The van der Waals surface area contributed by atoms with E-state index in [0.29, 0.717) is 22.6 Å². The summed E-state index contributed by atoms with van der Waals surface area (Å²) in [5.74, 6) is 0.169. The average molecular weight is 679 g/mol. The van der Waals surface area contributed by atoms with E-state index in [0.717, 1.165) is 58.3 Å². The highest BCUT2D eigenvalue weighted by molar-refractivity contribution is 9.10. The van der Waals surface area contributed by atoms with Crippen molar-refractivity contribution in [2.45, 2.75) is 75.6 Å². The molecule has 43 heavy (non-hydrogen) atoms. The maximum absolute atomic E-state index is 13.1. The minimum absolute atomic E-state index is 0.0303. The van der Waals surface area contributed by atoms with Crippen LogP contribution in [0.15, 0.2) is 45.4 Å². The lowest BCUT2D eigenvalue weighted by molar-refractivity contribution is -0.274. The number of carbonyl (C=O) groups is 1. The number of hydrogen-bond acceptors (Lipinski definition) is 9. The second-order valence-corrected chi connectivity index (χ2v) is 13.0. The monoisotopic (exact) mass is 677 g/mol. The standard InChI is InChI=1S/C30H27BrF3N3O5S/c1-39-28(38)16-10-22(31)26-24(11-16)43-29(35-26)37-17-8-9-18(37)13-19(12-17)40-14-21-25(36-42-27(21)15-6-7-15)20-4-2-3-5-23(20)41-30(32,33)34/h2-5,10-11,15,17-19H,6-9,12-14H2,1H3. The molecule has 7 rings (SSSR count). The molecule has 0 amide bonds. The predicted octanol–water partition coefficient (Wildman–Crippen LogP) is 7.99. The van der Waals surface area contributed by atoms with Gasteiger partial charge in [0.05, 0.1) is 35.6 Å². The van der Waals surface area contributed by atoms with Crippen LogP contribution in [0.3, 0.4) is 0 Å². The van der Waals surface area contributed by atoms with Crippen molar-refractivity contribution < 1.29 is 36.7 Å². The number of alkyl halides is 3. The summed E-state index contributed by atoms with van der Waals surface area (Å²) in [6.45, 7) is 0.194. The lowest BCUT2D eigenvalue weighted by Crippen LogP contribution is -2.45. The van der Waals surface area contributed by atoms with E-state index in [4.69, 9.17) is 19.0 Å². The van der Waals surface area contributed by atoms with Crippen molar-refractivity contribution in [2.75, 3.05) is 12.0 Å². The van der Waals surface area contributed by atoms with Crippen LogP contribution in [-0.4, -0.2) is 47.8 Å². The third kappa shape index (κ3) is 5.62. The molecule has 13 heteroatoms. The van der Waals surface area contributed by atoms with E-state index >= 15 is 0 Å². The van der Waals surface area contributed by atoms with Gasteiger partial charge in [-0.3, -0.25) is 0 Å². The highest BCUT2D eigenvalue weighted by atomic mass is 79.9. The molecule has 2 atom stereocenters. The molecule has 2 unspecified atom stereocenters. The first kappa shape index (κ1) is 28.6. The maximum atomic E-state index is 13.1. The van der Waals surface area contributed by atoms with Crippen molar-refractivity contribution >= 4 is 48.6 Å². The van der Waals surface area contributed by atoms with E-state index in [9.17, 15) is 18.0 Å². The Balaban J connectivity index is 1.10.